The molecule has 0 saturated heterocycles. The average Bonchev–Trinajstić information content (AvgIpc) is 3.19. The molecule has 108 valence electrons. The van der Waals surface area contributed by atoms with Gasteiger partial charge < -0.3 is 9.30 Å². The van der Waals surface area contributed by atoms with Crippen LogP contribution >= 0.6 is 11.6 Å². The first-order valence-electron chi connectivity index (χ1n) is 7.37. The number of imidazole rings is 1. The SMILES string of the molecule is COc1ccc2nc(C(C)Cl)n(CCCC3CC3)c2c1. The minimum Gasteiger partial charge on any atom is -0.497 e. The van der Waals surface area contributed by atoms with E-state index >= 15 is 0 Å². The third kappa shape index (κ3) is 2.78. The maximum Gasteiger partial charge on any atom is 0.127 e. The number of halogens is 1. The molecule has 1 aliphatic rings. The normalized spacial score (nSPS) is 16.6. The minimum absolute atomic E-state index is 0.0747. The van der Waals surface area contributed by atoms with Crippen molar-refractivity contribution in [3.05, 3.63) is 24.0 Å². The fourth-order valence-electron chi connectivity index (χ4n) is 2.73. The molecule has 1 atom stereocenters. The first-order valence-corrected chi connectivity index (χ1v) is 7.81. The van der Waals surface area contributed by atoms with E-state index in [9.17, 15) is 0 Å². The number of fused-ring (bicyclic) bond motifs is 1. The summed E-state index contributed by atoms with van der Waals surface area (Å²) in [6.07, 6.45) is 5.35. The van der Waals surface area contributed by atoms with Crippen LogP contribution in [0.15, 0.2) is 18.2 Å². The molecule has 1 fully saturated rings. The summed E-state index contributed by atoms with van der Waals surface area (Å²) in [6.45, 7) is 2.98. The number of ether oxygens (including phenoxy) is 1. The lowest BCUT2D eigenvalue weighted by atomic mass is 10.2. The molecule has 0 N–H and O–H groups in total. The van der Waals surface area contributed by atoms with Gasteiger partial charge in [0.15, 0.2) is 0 Å². The standard InChI is InChI=1S/C16H21ClN2O/c1-11(17)16-18-14-8-7-13(20-2)10-15(14)19(16)9-3-4-12-5-6-12/h7-8,10-12H,3-6,9H2,1-2H3. The summed E-state index contributed by atoms with van der Waals surface area (Å²) in [5.74, 6) is 2.80. The summed E-state index contributed by atoms with van der Waals surface area (Å²) in [5.41, 5.74) is 2.13. The molecule has 0 radical (unpaired) electrons. The van der Waals surface area contributed by atoms with Crippen molar-refractivity contribution in [1.82, 2.24) is 9.55 Å². The Balaban J connectivity index is 1.92. The highest BCUT2D eigenvalue weighted by Gasteiger charge is 2.21. The van der Waals surface area contributed by atoms with Crippen LogP contribution in [0.5, 0.6) is 5.75 Å². The van der Waals surface area contributed by atoms with Gasteiger partial charge in [0.05, 0.1) is 23.5 Å². The molecule has 1 heterocycles. The molecule has 1 unspecified atom stereocenters. The van der Waals surface area contributed by atoms with Crippen LogP contribution in [-0.4, -0.2) is 16.7 Å². The fourth-order valence-corrected chi connectivity index (χ4v) is 2.90. The van der Waals surface area contributed by atoms with Crippen molar-refractivity contribution in [3.8, 4) is 5.75 Å². The molecule has 2 aromatic rings. The van der Waals surface area contributed by atoms with Crippen molar-refractivity contribution in [1.29, 1.82) is 0 Å². The number of benzene rings is 1. The first kappa shape index (κ1) is 13.7. The van der Waals surface area contributed by atoms with Gasteiger partial charge in [-0.25, -0.2) is 4.98 Å². The lowest BCUT2D eigenvalue weighted by molar-refractivity contribution is 0.415. The van der Waals surface area contributed by atoms with Crippen LogP contribution in [0, 0.1) is 5.92 Å². The van der Waals surface area contributed by atoms with Gasteiger partial charge in [-0.1, -0.05) is 12.8 Å². The Morgan fingerprint density at radius 2 is 2.25 bits per heavy atom. The van der Waals surface area contributed by atoms with E-state index in [-0.39, 0.29) is 5.38 Å². The van der Waals surface area contributed by atoms with Crippen LogP contribution < -0.4 is 4.74 Å². The molecular weight excluding hydrogens is 272 g/mol. The number of aryl methyl sites for hydroxylation is 1. The van der Waals surface area contributed by atoms with E-state index in [1.54, 1.807) is 7.11 Å². The van der Waals surface area contributed by atoms with Gasteiger partial charge in [-0.2, -0.15) is 0 Å². The zero-order valence-corrected chi connectivity index (χ0v) is 12.9. The van der Waals surface area contributed by atoms with E-state index in [4.69, 9.17) is 16.3 Å². The Kier molecular flexibility index (Phi) is 3.88. The first-order chi connectivity index (χ1) is 9.69. The van der Waals surface area contributed by atoms with Gasteiger partial charge in [0, 0.05) is 12.6 Å². The Labute approximate surface area is 124 Å². The van der Waals surface area contributed by atoms with Crippen LogP contribution in [-0.2, 0) is 6.54 Å². The summed E-state index contributed by atoms with van der Waals surface area (Å²) in [7, 11) is 1.69. The van der Waals surface area contributed by atoms with E-state index in [0.29, 0.717) is 0 Å². The topological polar surface area (TPSA) is 27.1 Å². The summed E-state index contributed by atoms with van der Waals surface area (Å²) >= 11 is 6.29. The van der Waals surface area contributed by atoms with E-state index in [0.717, 1.165) is 35.1 Å². The third-order valence-corrected chi connectivity index (χ3v) is 4.23. The molecule has 1 aromatic carbocycles. The quantitative estimate of drug-likeness (QED) is 0.731. The zero-order chi connectivity index (χ0) is 14.1. The second-order valence-electron chi connectivity index (χ2n) is 5.68. The summed E-state index contributed by atoms with van der Waals surface area (Å²) in [5, 5.41) is -0.0747. The second kappa shape index (κ2) is 5.65. The third-order valence-electron chi connectivity index (χ3n) is 4.03. The highest BCUT2D eigenvalue weighted by molar-refractivity contribution is 6.20. The van der Waals surface area contributed by atoms with Crippen LogP contribution in [0.4, 0.5) is 0 Å². The van der Waals surface area contributed by atoms with E-state index in [1.165, 1.54) is 25.7 Å². The molecular formula is C16H21ClN2O. The fraction of sp³-hybridized carbons (Fsp3) is 0.562. The van der Waals surface area contributed by atoms with Crippen LogP contribution in [0.3, 0.4) is 0 Å². The molecule has 0 aliphatic heterocycles. The van der Waals surface area contributed by atoms with Gasteiger partial charge in [-0.15, -0.1) is 11.6 Å². The molecule has 1 aromatic heterocycles. The van der Waals surface area contributed by atoms with Crippen molar-refractivity contribution in [2.45, 2.75) is 44.5 Å². The van der Waals surface area contributed by atoms with Gasteiger partial charge in [-0.3, -0.25) is 0 Å². The van der Waals surface area contributed by atoms with Crippen LogP contribution in [0.2, 0.25) is 0 Å². The highest BCUT2D eigenvalue weighted by Crippen LogP contribution is 2.34. The van der Waals surface area contributed by atoms with E-state index in [1.807, 2.05) is 19.1 Å². The summed E-state index contributed by atoms with van der Waals surface area (Å²) in [6, 6.07) is 6.02. The van der Waals surface area contributed by atoms with Gasteiger partial charge >= 0.3 is 0 Å². The van der Waals surface area contributed by atoms with Crippen molar-refractivity contribution >= 4 is 22.6 Å². The van der Waals surface area contributed by atoms with Crippen LogP contribution in [0.1, 0.15) is 43.8 Å². The van der Waals surface area contributed by atoms with E-state index < -0.39 is 0 Å². The van der Waals surface area contributed by atoms with Gasteiger partial charge in [0.2, 0.25) is 0 Å². The Hall–Kier alpha value is -1.22. The Morgan fingerprint density at radius 3 is 2.90 bits per heavy atom. The maximum absolute atomic E-state index is 6.29. The molecule has 3 nitrogen and oxygen atoms in total. The number of methoxy groups -OCH3 is 1. The lowest BCUT2D eigenvalue weighted by Crippen LogP contribution is -2.05. The average molecular weight is 293 g/mol. The lowest BCUT2D eigenvalue weighted by Gasteiger charge is -2.10. The summed E-state index contributed by atoms with van der Waals surface area (Å²) < 4.78 is 7.59. The maximum atomic E-state index is 6.29. The van der Waals surface area contributed by atoms with Crippen molar-refractivity contribution < 1.29 is 4.74 Å². The molecule has 4 heteroatoms. The smallest absolute Gasteiger partial charge is 0.127 e. The van der Waals surface area contributed by atoms with Gasteiger partial charge in [0.1, 0.15) is 11.6 Å². The predicted molar refractivity (Wildman–Crippen MR) is 82.5 cm³/mol. The molecule has 0 amide bonds. The summed E-state index contributed by atoms with van der Waals surface area (Å²) in [4.78, 5) is 4.68. The molecule has 0 spiro atoms. The largest absolute Gasteiger partial charge is 0.497 e. The van der Waals surface area contributed by atoms with E-state index in [2.05, 4.69) is 15.6 Å². The molecule has 3 rings (SSSR count). The van der Waals surface area contributed by atoms with Crippen molar-refractivity contribution in [3.63, 3.8) is 0 Å². The minimum atomic E-state index is -0.0747. The van der Waals surface area contributed by atoms with Crippen molar-refractivity contribution in [2.24, 2.45) is 5.92 Å². The number of nitrogens with zero attached hydrogens (tertiary/aromatic N) is 2. The highest BCUT2D eigenvalue weighted by atomic mass is 35.5. The number of rotatable bonds is 6. The zero-order valence-electron chi connectivity index (χ0n) is 12.1. The molecule has 1 saturated carbocycles. The second-order valence-corrected chi connectivity index (χ2v) is 6.33. The Bertz CT molecular complexity index is 602. The number of alkyl halides is 1. The number of hydrogen-bond acceptors (Lipinski definition) is 2. The number of aromatic nitrogens is 2. The molecule has 0 bridgehead atoms. The number of hydrogen-bond donors (Lipinski definition) is 0. The molecule has 20 heavy (non-hydrogen) atoms. The van der Waals surface area contributed by atoms with Crippen molar-refractivity contribution in [2.75, 3.05) is 7.11 Å². The predicted octanol–water partition coefficient (Wildman–Crippen LogP) is 4.53. The van der Waals surface area contributed by atoms with Gasteiger partial charge in [0.25, 0.3) is 0 Å². The Morgan fingerprint density at radius 1 is 1.45 bits per heavy atom. The molecule has 1 aliphatic carbocycles. The monoisotopic (exact) mass is 292 g/mol. The van der Waals surface area contributed by atoms with Gasteiger partial charge in [-0.05, 0) is 37.8 Å². The van der Waals surface area contributed by atoms with Crippen LogP contribution in [0.25, 0.3) is 11.0 Å².